The Bertz CT molecular complexity index is 1180. The van der Waals surface area contributed by atoms with Crippen molar-refractivity contribution in [3.05, 3.63) is 131 Å². The molecule has 0 unspecified atom stereocenters. The SMILES string of the molecule is O=C(NCCc1ccccc1)c1ccccc1[Se][Se]c1ccccc1C(=O)NCCc1ccccc1. The number of amides is 2. The quantitative estimate of drug-likeness (QED) is 0.258. The summed E-state index contributed by atoms with van der Waals surface area (Å²) in [4.78, 5) is 25.8. The van der Waals surface area contributed by atoms with Crippen molar-refractivity contribution in [2.24, 2.45) is 0 Å². The first-order valence-corrected chi connectivity index (χ1v) is 17.9. The molecule has 0 radical (unpaired) electrons. The van der Waals surface area contributed by atoms with Crippen molar-refractivity contribution in [2.75, 3.05) is 13.1 Å². The zero-order valence-electron chi connectivity index (χ0n) is 19.9. The van der Waals surface area contributed by atoms with Crippen LogP contribution in [0.15, 0.2) is 109 Å². The molecule has 4 rings (SSSR count). The number of nitrogens with one attached hydrogen (secondary N) is 2. The van der Waals surface area contributed by atoms with Gasteiger partial charge in [-0.1, -0.05) is 0 Å². The molecule has 36 heavy (non-hydrogen) atoms. The molecular weight excluding hydrogens is 578 g/mol. The van der Waals surface area contributed by atoms with Gasteiger partial charge in [-0.15, -0.1) is 0 Å². The first-order valence-electron chi connectivity index (χ1n) is 11.9. The van der Waals surface area contributed by atoms with Gasteiger partial charge in [-0.05, 0) is 0 Å². The standard InChI is InChI=1S/C30H28N2O2Se2/c33-29(31-21-19-23-11-3-1-4-12-23)25-15-7-9-17-27(25)35-36-28-18-10-8-16-26(28)30(34)32-22-20-24-13-5-2-6-14-24/h1-18H,19-22H2,(H,31,33)(H,32,34). The van der Waals surface area contributed by atoms with E-state index in [0.29, 0.717) is 13.1 Å². The minimum absolute atomic E-state index is 0.0360. The predicted molar refractivity (Wildman–Crippen MR) is 149 cm³/mol. The van der Waals surface area contributed by atoms with Gasteiger partial charge >= 0.3 is 225 Å². The normalized spacial score (nSPS) is 10.6. The van der Waals surface area contributed by atoms with Gasteiger partial charge in [-0.3, -0.25) is 0 Å². The fourth-order valence-corrected chi connectivity index (χ4v) is 10.8. The van der Waals surface area contributed by atoms with Crippen LogP contribution in [-0.4, -0.2) is 51.2 Å². The Balaban J connectivity index is 1.34. The molecule has 0 bridgehead atoms. The van der Waals surface area contributed by atoms with Gasteiger partial charge in [0, 0.05) is 0 Å². The van der Waals surface area contributed by atoms with Gasteiger partial charge in [-0.25, -0.2) is 0 Å². The Labute approximate surface area is 223 Å². The number of rotatable bonds is 11. The summed E-state index contributed by atoms with van der Waals surface area (Å²) in [6.07, 6.45) is 1.60. The third-order valence-corrected chi connectivity index (χ3v) is 12.8. The van der Waals surface area contributed by atoms with E-state index < -0.39 is 0 Å². The predicted octanol–water partition coefficient (Wildman–Crippen LogP) is 2.91. The minimum atomic E-state index is -0.0360. The maximum absolute atomic E-state index is 12.9. The second kappa shape index (κ2) is 13.8. The topological polar surface area (TPSA) is 58.2 Å². The Morgan fingerprint density at radius 2 is 0.861 bits per heavy atom. The van der Waals surface area contributed by atoms with Gasteiger partial charge in [0.25, 0.3) is 0 Å². The van der Waals surface area contributed by atoms with Crippen molar-refractivity contribution in [3.8, 4) is 0 Å². The van der Waals surface area contributed by atoms with Crippen LogP contribution in [0.5, 0.6) is 0 Å². The Morgan fingerprint density at radius 1 is 0.500 bits per heavy atom. The fraction of sp³-hybridized carbons (Fsp3) is 0.133. The summed E-state index contributed by atoms with van der Waals surface area (Å²) >= 11 is 0.140. The molecule has 0 atom stereocenters. The van der Waals surface area contributed by atoms with E-state index in [4.69, 9.17) is 0 Å². The van der Waals surface area contributed by atoms with Gasteiger partial charge in [-0.2, -0.15) is 0 Å². The monoisotopic (exact) mass is 608 g/mol. The Kier molecular flexibility index (Phi) is 9.95. The maximum atomic E-state index is 12.9. The molecule has 2 N–H and O–H groups in total. The summed E-state index contributed by atoms with van der Waals surface area (Å²) in [5.41, 5.74) is 3.88. The molecule has 0 aliphatic carbocycles. The van der Waals surface area contributed by atoms with Crippen LogP contribution in [0.25, 0.3) is 0 Å². The number of carbonyl (C=O) groups excluding carboxylic acids is 2. The van der Waals surface area contributed by atoms with Crippen molar-refractivity contribution in [1.82, 2.24) is 10.6 Å². The van der Waals surface area contributed by atoms with E-state index in [2.05, 4.69) is 34.9 Å². The molecule has 0 saturated carbocycles. The molecule has 4 aromatic rings. The zero-order valence-corrected chi connectivity index (χ0v) is 23.3. The summed E-state index contributed by atoms with van der Waals surface area (Å²) in [5, 5.41) is 6.13. The average Bonchev–Trinajstić information content (AvgIpc) is 2.93. The van der Waals surface area contributed by atoms with E-state index in [1.807, 2.05) is 84.9 Å². The molecule has 0 aromatic heterocycles. The van der Waals surface area contributed by atoms with Crippen LogP contribution in [0.1, 0.15) is 31.8 Å². The zero-order chi connectivity index (χ0) is 25.0. The van der Waals surface area contributed by atoms with Crippen LogP contribution in [0.3, 0.4) is 0 Å². The van der Waals surface area contributed by atoms with E-state index in [-0.39, 0.29) is 38.1 Å². The first kappa shape index (κ1) is 25.9. The van der Waals surface area contributed by atoms with E-state index in [0.717, 1.165) is 32.9 Å². The van der Waals surface area contributed by atoms with Crippen LogP contribution in [-0.2, 0) is 12.8 Å². The molecule has 0 spiro atoms. The van der Waals surface area contributed by atoms with Crippen LogP contribution < -0.4 is 19.6 Å². The molecule has 4 nitrogen and oxygen atoms in total. The van der Waals surface area contributed by atoms with Crippen molar-refractivity contribution in [1.29, 1.82) is 0 Å². The average molecular weight is 606 g/mol. The van der Waals surface area contributed by atoms with Gasteiger partial charge in [0.1, 0.15) is 0 Å². The Morgan fingerprint density at radius 3 is 1.28 bits per heavy atom. The Hall–Kier alpha value is -3.14. The van der Waals surface area contributed by atoms with Crippen LogP contribution in [0.4, 0.5) is 0 Å². The molecule has 2 amide bonds. The van der Waals surface area contributed by atoms with E-state index in [1.165, 1.54) is 11.1 Å². The summed E-state index contributed by atoms with van der Waals surface area (Å²) in [5.74, 6) is -0.0720. The number of hydrogen-bond acceptors (Lipinski definition) is 2. The summed E-state index contributed by atoms with van der Waals surface area (Å²) in [6, 6.07) is 36.0. The number of benzene rings is 4. The molecule has 4 aromatic carbocycles. The van der Waals surface area contributed by atoms with Crippen molar-refractivity contribution < 1.29 is 9.59 Å². The van der Waals surface area contributed by atoms with Crippen molar-refractivity contribution in [3.63, 3.8) is 0 Å². The summed E-state index contributed by atoms with van der Waals surface area (Å²) in [7, 11) is 0. The molecule has 0 saturated heterocycles. The first-order chi connectivity index (χ1) is 17.7. The molecule has 0 aliphatic rings. The van der Waals surface area contributed by atoms with E-state index >= 15 is 0 Å². The number of carbonyl (C=O) groups is 2. The third-order valence-electron chi connectivity index (χ3n) is 5.57. The third kappa shape index (κ3) is 7.68. The second-order valence-electron chi connectivity index (χ2n) is 8.14. The number of hydrogen-bond donors (Lipinski definition) is 2. The van der Waals surface area contributed by atoms with E-state index in [9.17, 15) is 9.59 Å². The molecule has 0 fully saturated rings. The van der Waals surface area contributed by atoms with Crippen LogP contribution in [0.2, 0.25) is 0 Å². The van der Waals surface area contributed by atoms with Crippen molar-refractivity contribution in [2.45, 2.75) is 12.8 Å². The van der Waals surface area contributed by atoms with Gasteiger partial charge in [0.15, 0.2) is 0 Å². The van der Waals surface area contributed by atoms with Gasteiger partial charge < -0.3 is 0 Å². The second-order valence-corrected chi connectivity index (χ2v) is 14.3. The van der Waals surface area contributed by atoms with Crippen LogP contribution >= 0.6 is 0 Å². The fourth-order valence-electron chi connectivity index (χ4n) is 3.66. The van der Waals surface area contributed by atoms with E-state index in [1.54, 1.807) is 0 Å². The van der Waals surface area contributed by atoms with Crippen molar-refractivity contribution >= 4 is 47.0 Å². The summed E-state index contributed by atoms with van der Waals surface area (Å²) in [6.45, 7) is 1.20. The molecule has 182 valence electrons. The van der Waals surface area contributed by atoms with Gasteiger partial charge in [0.2, 0.25) is 0 Å². The molecule has 6 heteroatoms. The molecule has 0 heterocycles. The molecular formula is C30H28N2O2Se2. The van der Waals surface area contributed by atoms with Gasteiger partial charge in [0.05, 0.1) is 0 Å². The van der Waals surface area contributed by atoms with Crippen LogP contribution in [0, 0.1) is 0 Å². The summed E-state index contributed by atoms with van der Waals surface area (Å²) < 4.78 is 2.14. The molecule has 0 aliphatic heterocycles.